The summed E-state index contributed by atoms with van der Waals surface area (Å²) in [7, 11) is 0. The van der Waals surface area contributed by atoms with E-state index in [0.717, 1.165) is 5.69 Å². The molecule has 0 fully saturated rings. The highest BCUT2D eigenvalue weighted by Gasteiger charge is 2.07. The summed E-state index contributed by atoms with van der Waals surface area (Å²) in [5, 5.41) is 7.41. The zero-order chi connectivity index (χ0) is 14.7. The number of carbonyl (C=O) groups excluding carboxylic acids is 1. The number of benzene rings is 1. The van der Waals surface area contributed by atoms with Crippen LogP contribution in [-0.2, 0) is 0 Å². The molecule has 1 amide bonds. The molecule has 3 aromatic rings. The molecule has 1 aromatic carbocycles. The van der Waals surface area contributed by atoms with Gasteiger partial charge in [-0.15, -0.1) is 0 Å². The molecule has 0 saturated heterocycles. The van der Waals surface area contributed by atoms with Crippen LogP contribution >= 0.6 is 11.6 Å². The van der Waals surface area contributed by atoms with Gasteiger partial charge in [0.2, 0.25) is 0 Å². The number of rotatable bonds is 3. The number of nitrogens with zero attached hydrogens (tertiary/aromatic N) is 4. The number of anilines is 1. The van der Waals surface area contributed by atoms with Gasteiger partial charge >= 0.3 is 0 Å². The maximum absolute atomic E-state index is 11.9. The first kappa shape index (κ1) is 13.3. The van der Waals surface area contributed by atoms with Crippen molar-refractivity contribution in [3.63, 3.8) is 0 Å². The highest BCUT2D eigenvalue weighted by atomic mass is 35.5. The standard InChI is InChI=1S/C14H10ClN5O/c15-10-7-18-20(9-10)12-3-1-11(2-4-12)19-14(21)13-8-16-5-6-17-13/h1-9H,(H,19,21). The summed E-state index contributed by atoms with van der Waals surface area (Å²) in [6.07, 6.45) is 7.66. The van der Waals surface area contributed by atoms with Crippen LogP contribution < -0.4 is 5.32 Å². The fraction of sp³-hybridized carbons (Fsp3) is 0. The van der Waals surface area contributed by atoms with Crippen LogP contribution in [0, 0.1) is 0 Å². The first-order chi connectivity index (χ1) is 10.2. The molecule has 7 heteroatoms. The maximum Gasteiger partial charge on any atom is 0.275 e. The Hall–Kier alpha value is -2.73. The van der Waals surface area contributed by atoms with Gasteiger partial charge in [-0.3, -0.25) is 9.78 Å². The van der Waals surface area contributed by atoms with Gasteiger partial charge in [-0.05, 0) is 24.3 Å². The van der Waals surface area contributed by atoms with Gasteiger partial charge in [-0.2, -0.15) is 5.10 Å². The lowest BCUT2D eigenvalue weighted by atomic mass is 10.2. The molecule has 2 aromatic heterocycles. The molecule has 0 spiro atoms. The number of hydrogen-bond acceptors (Lipinski definition) is 4. The van der Waals surface area contributed by atoms with Gasteiger partial charge in [0.1, 0.15) is 5.69 Å². The third kappa shape index (κ3) is 3.06. The Bertz CT molecular complexity index is 755. The normalized spacial score (nSPS) is 10.3. The zero-order valence-electron chi connectivity index (χ0n) is 10.8. The number of nitrogens with one attached hydrogen (secondary N) is 1. The Morgan fingerprint density at radius 1 is 1.14 bits per heavy atom. The van der Waals surface area contributed by atoms with Crippen LogP contribution in [0.3, 0.4) is 0 Å². The second kappa shape index (κ2) is 5.72. The molecule has 0 radical (unpaired) electrons. The lowest BCUT2D eigenvalue weighted by Gasteiger charge is -2.06. The number of halogens is 1. The summed E-state index contributed by atoms with van der Waals surface area (Å²) in [4.78, 5) is 19.7. The molecule has 2 heterocycles. The van der Waals surface area contributed by atoms with Crippen molar-refractivity contribution in [2.45, 2.75) is 0 Å². The molecule has 0 aliphatic heterocycles. The van der Waals surface area contributed by atoms with Crippen LogP contribution in [0.15, 0.2) is 55.2 Å². The van der Waals surface area contributed by atoms with Crippen LogP contribution in [0.5, 0.6) is 0 Å². The van der Waals surface area contributed by atoms with E-state index in [4.69, 9.17) is 11.6 Å². The van der Waals surface area contributed by atoms with Crippen molar-refractivity contribution in [2.24, 2.45) is 0 Å². The fourth-order valence-electron chi connectivity index (χ4n) is 1.75. The lowest BCUT2D eigenvalue weighted by Crippen LogP contribution is -2.13. The van der Waals surface area contributed by atoms with Crippen LogP contribution in [0.4, 0.5) is 5.69 Å². The molecule has 1 N–H and O–H groups in total. The van der Waals surface area contributed by atoms with E-state index in [-0.39, 0.29) is 11.6 Å². The molecule has 3 rings (SSSR count). The quantitative estimate of drug-likeness (QED) is 0.806. The molecule has 0 aliphatic carbocycles. The van der Waals surface area contributed by atoms with Crippen molar-refractivity contribution >= 4 is 23.2 Å². The fourth-order valence-corrected chi connectivity index (χ4v) is 1.89. The Kier molecular flexibility index (Phi) is 3.61. The van der Waals surface area contributed by atoms with Crippen LogP contribution in [0.25, 0.3) is 5.69 Å². The molecular weight excluding hydrogens is 290 g/mol. The van der Waals surface area contributed by atoms with Crippen LogP contribution in [-0.4, -0.2) is 25.7 Å². The minimum Gasteiger partial charge on any atom is -0.321 e. The van der Waals surface area contributed by atoms with Crippen molar-refractivity contribution in [1.82, 2.24) is 19.7 Å². The van der Waals surface area contributed by atoms with E-state index in [1.807, 2.05) is 12.1 Å². The maximum atomic E-state index is 11.9. The smallest absolute Gasteiger partial charge is 0.275 e. The van der Waals surface area contributed by atoms with Gasteiger partial charge in [-0.1, -0.05) is 11.6 Å². The molecule has 0 unspecified atom stereocenters. The molecule has 0 aliphatic rings. The third-order valence-electron chi connectivity index (χ3n) is 2.74. The van der Waals surface area contributed by atoms with Crippen LogP contribution in [0.1, 0.15) is 10.5 Å². The third-order valence-corrected chi connectivity index (χ3v) is 2.93. The monoisotopic (exact) mass is 299 g/mol. The largest absolute Gasteiger partial charge is 0.321 e. The van der Waals surface area contributed by atoms with E-state index >= 15 is 0 Å². The van der Waals surface area contributed by atoms with E-state index in [9.17, 15) is 4.79 Å². The van der Waals surface area contributed by atoms with Crippen molar-refractivity contribution < 1.29 is 4.79 Å². The number of hydrogen-bond donors (Lipinski definition) is 1. The van der Waals surface area contributed by atoms with Crippen LogP contribution in [0.2, 0.25) is 5.02 Å². The Morgan fingerprint density at radius 3 is 2.57 bits per heavy atom. The minimum atomic E-state index is -0.307. The SMILES string of the molecule is O=C(Nc1ccc(-n2cc(Cl)cn2)cc1)c1cnccn1. The first-order valence-electron chi connectivity index (χ1n) is 6.10. The summed E-state index contributed by atoms with van der Waals surface area (Å²) < 4.78 is 1.65. The Labute approximate surface area is 125 Å². The highest BCUT2D eigenvalue weighted by Crippen LogP contribution is 2.15. The summed E-state index contributed by atoms with van der Waals surface area (Å²) >= 11 is 5.83. The van der Waals surface area contributed by atoms with Gasteiger partial charge in [0.05, 0.1) is 23.1 Å². The molecule has 6 nitrogen and oxygen atoms in total. The van der Waals surface area contributed by atoms with Crippen molar-refractivity contribution in [3.8, 4) is 5.69 Å². The van der Waals surface area contributed by atoms with Gasteiger partial charge < -0.3 is 5.32 Å². The Morgan fingerprint density at radius 2 is 1.95 bits per heavy atom. The van der Waals surface area contributed by atoms with E-state index in [1.165, 1.54) is 18.6 Å². The average Bonchev–Trinajstić information content (AvgIpc) is 2.95. The van der Waals surface area contributed by atoms with Gasteiger partial charge in [0.15, 0.2) is 0 Å². The molecule has 0 saturated carbocycles. The van der Waals surface area contributed by atoms with Crippen molar-refractivity contribution in [3.05, 3.63) is 66.0 Å². The summed E-state index contributed by atoms with van der Waals surface area (Å²) in [5.74, 6) is -0.307. The molecule has 104 valence electrons. The summed E-state index contributed by atoms with van der Waals surface area (Å²) in [6.45, 7) is 0. The predicted molar refractivity (Wildman–Crippen MR) is 78.6 cm³/mol. The highest BCUT2D eigenvalue weighted by molar-refractivity contribution is 6.30. The topological polar surface area (TPSA) is 72.7 Å². The number of amides is 1. The molecule has 0 atom stereocenters. The van der Waals surface area contributed by atoms with Gasteiger partial charge in [-0.25, -0.2) is 9.67 Å². The second-order valence-corrected chi connectivity index (χ2v) is 4.63. The summed E-state index contributed by atoms with van der Waals surface area (Å²) in [6, 6.07) is 7.21. The van der Waals surface area contributed by atoms with Crippen molar-refractivity contribution in [1.29, 1.82) is 0 Å². The van der Waals surface area contributed by atoms with Gasteiger partial charge in [0.25, 0.3) is 5.91 Å². The number of aromatic nitrogens is 4. The minimum absolute atomic E-state index is 0.264. The lowest BCUT2D eigenvalue weighted by molar-refractivity contribution is 0.102. The predicted octanol–water partition coefficient (Wildman–Crippen LogP) is 2.57. The summed E-state index contributed by atoms with van der Waals surface area (Å²) in [5.41, 5.74) is 1.77. The first-order valence-corrected chi connectivity index (χ1v) is 6.48. The van der Waals surface area contributed by atoms with Crippen molar-refractivity contribution in [2.75, 3.05) is 5.32 Å². The zero-order valence-corrected chi connectivity index (χ0v) is 11.5. The number of carbonyl (C=O) groups is 1. The van der Waals surface area contributed by atoms with E-state index in [2.05, 4.69) is 20.4 Å². The van der Waals surface area contributed by atoms with E-state index in [1.54, 1.807) is 29.2 Å². The Balaban J connectivity index is 1.74. The average molecular weight is 300 g/mol. The van der Waals surface area contributed by atoms with Gasteiger partial charge in [0, 0.05) is 24.3 Å². The van der Waals surface area contributed by atoms with E-state index in [0.29, 0.717) is 10.7 Å². The van der Waals surface area contributed by atoms with E-state index < -0.39 is 0 Å². The molecular formula is C14H10ClN5O. The second-order valence-electron chi connectivity index (χ2n) is 4.19. The molecule has 0 bridgehead atoms. The molecule has 21 heavy (non-hydrogen) atoms.